The first-order valence-electron chi connectivity index (χ1n) is 11.9. The molecule has 3 aliphatic heterocycles. The summed E-state index contributed by atoms with van der Waals surface area (Å²) in [6.07, 6.45) is -1.75. The Morgan fingerprint density at radius 2 is 2.00 bits per heavy atom. The van der Waals surface area contributed by atoms with E-state index in [4.69, 9.17) is 4.74 Å². The van der Waals surface area contributed by atoms with Crippen LogP contribution in [0.15, 0.2) is 12.3 Å². The Morgan fingerprint density at radius 1 is 1.29 bits per heavy atom. The SMILES string of the molecule is CC1C2Cc3ncc([N+](=O)[O-])cc3CN2C(=O)[C@]12CC[C@@H](N(C(=O)C(F)(F)F)C1CCOCC1)C2. The Labute approximate surface area is 199 Å². The van der Waals surface area contributed by atoms with Gasteiger partial charge in [-0.25, -0.2) is 0 Å². The molecule has 1 aromatic heterocycles. The topological polar surface area (TPSA) is 106 Å². The van der Waals surface area contributed by atoms with Gasteiger partial charge in [0.05, 0.1) is 10.3 Å². The van der Waals surface area contributed by atoms with Crippen LogP contribution in [-0.2, 0) is 27.3 Å². The number of nitro groups is 1. The van der Waals surface area contributed by atoms with E-state index in [1.165, 1.54) is 12.3 Å². The second-order valence-electron chi connectivity index (χ2n) is 10.2. The quantitative estimate of drug-likeness (QED) is 0.471. The number of pyridine rings is 1. The maximum absolute atomic E-state index is 13.7. The van der Waals surface area contributed by atoms with Gasteiger partial charge in [-0.3, -0.25) is 24.7 Å². The lowest BCUT2D eigenvalue weighted by Crippen LogP contribution is -2.53. The first-order valence-corrected chi connectivity index (χ1v) is 11.9. The molecule has 5 rings (SSSR count). The van der Waals surface area contributed by atoms with Gasteiger partial charge < -0.3 is 14.5 Å². The summed E-state index contributed by atoms with van der Waals surface area (Å²) in [4.78, 5) is 43.8. The smallest absolute Gasteiger partial charge is 0.381 e. The molecule has 9 nitrogen and oxygen atoms in total. The average molecular weight is 496 g/mol. The van der Waals surface area contributed by atoms with Crippen molar-refractivity contribution in [2.24, 2.45) is 11.3 Å². The molecule has 1 aliphatic carbocycles. The third-order valence-electron chi connectivity index (χ3n) is 8.51. The van der Waals surface area contributed by atoms with Gasteiger partial charge in [0.1, 0.15) is 6.20 Å². The van der Waals surface area contributed by atoms with Crippen LogP contribution in [-0.4, -0.2) is 69.0 Å². The number of hydrogen-bond donors (Lipinski definition) is 0. The van der Waals surface area contributed by atoms with Crippen molar-refractivity contribution >= 4 is 17.5 Å². The summed E-state index contributed by atoms with van der Waals surface area (Å²) >= 11 is 0. The fourth-order valence-corrected chi connectivity index (χ4v) is 6.71. The Bertz CT molecular complexity index is 1060. The van der Waals surface area contributed by atoms with Gasteiger partial charge in [0.25, 0.3) is 5.69 Å². The lowest BCUT2D eigenvalue weighted by Gasteiger charge is -2.39. The van der Waals surface area contributed by atoms with Crippen molar-refractivity contribution in [3.05, 3.63) is 33.6 Å². The van der Waals surface area contributed by atoms with Crippen molar-refractivity contribution in [3.63, 3.8) is 0 Å². The first kappa shape index (κ1) is 24.0. The zero-order chi connectivity index (χ0) is 25.1. The minimum absolute atomic E-state index is 0.138. The van der Waals surface area contributed by atoms with E-state index in [-0.39, 0.29) is 36.5 Å². The van der Waals surface area contributed by atoms with E-state index in [1.54, 1.807) is 4.90 Å². The maximum atomic E-state index is 13.7. The number of ether oxygens (including phenoxy) is 1. The molecule has 3 fully saturated rings. The molecule has 0 aromatic carbocycles. The van der Waals surface area contributed by atoms with E-state index in [1.807, 2.05) is 6.92 Å². The molecule has 1 saturated carbocycles. The Hall–Kier alpha value is -2.76. The van der Waals surface area contributed by atoms with Crippen molar-refractivity contribution in [1.29, 1.82) is 0 Å². The predicted octanol–water partition coefficient (Wildman–Crippen LogP) is 3.00. The summed E-state index contributed by atoms with van der Waals surface area (Å²) in [6.45, 7) is 2.74. The number of hydrogen-bond acceptors (Lipinski definition) is 6. The fourth-order valence-electron chi connectivity index (χ4n) is 6.71. The van der Waals surface area contributed by atoms with E-state index in [0.717, 1.165) is 4.90 Å². The minimum Gasteiger partial charge on any atom is -0.381 e. The first-order chi connectivity index (χ1) is 16.5. The molecule has 190 valence electrons. The number of rotatable bonds is 3. The summed E-state index contributed by atoms with van der Waals surface area (Å²) in [5.41, 5.74) is 0.326. The van der Waals surface area contributed by atoms with Crippen molar-refractivity contribution in [2.75, 3.05) is 13.2 Å². The largest absolute Gasteiger partial charge is 0.471 e. The number of alkyl halides is 3. The standard InChI is InChI=1S/C23H27F3N4O5/c1-13-19-9-18-14(8-17(11-27-18)30(33)34)12-28(19)20(31)22(13)5-2-16(10-22)29(21(32)23(24,25)26)15-3-6-35-7-4-15/h8,11,13,15-16,19H,2-7,9-10,12H2,1H3/t13?,16-,19?,22+/m1/s1. The lowest BCUT2D eigenvalue weighted by atomic mass is 9.73. The average Bonchev–Trinajstić information content (AvgIpc) is 3.35. The van der Waals surface area contributed by atoms with Crippen molar-refractivity contribution < 1.29 is 32.4 Å². The molecule has 2 saturated heterocycles. The summed E-state index contributed by atoms with van der Waals surface area (Å²) < 4.78 is 46.0. The summed E-state index contributed by atoms with van der Waals surface area (Å²) in [5.74, 6) is -2.13. The van der Waals surface area contributed by atoms with E-state index in [9.17, 15) is 32.9 Å². The van der Waals surface area contributed by atoms with Crippen LogP contribution >= 0.6 is 0 Å². The summed E-state index contributed by atoms with van der Waals surface area (Å²) in [7, 11) is 0. The summed E-state index contributed by atoms with van der Waals surface area (Å²) in [6, 6.07) is 0.00827. The van der Waals surface area contributed by atoms with Gasteiger partial charge in [0.2, 0.25) is 5.91 Å². The molecule has 4 aliphatic rings. The highest BCUT2D eigenvalue weighted by molar-refractivity contribution is 5.87. The number of aromatic nitrogens is 1. The number of carbonyl (C=O) groups is 2. The van der Waals surface area contributed by atoms with Crippen molar-refractivity contribution in [1.82, 2.24) is 14.8 Å². The van der Waals surface area contributed by atoms with E-state index in [2.05, 4.69) is 4.98 Å². The molecule has 0 bridgehead atoms. The van der Waals surface area contributed by atoms with E-state index < -0.39 is 34.5 Å². The second kappa shape index (κ2) is 8.42. The zero-order valence-electron chi connectivity index (χ0n) is 19.3. The molecular weight excluding hydrogens is 469 g/mol. The summed E-state index contributed by atoms with van der Waals surface area (Å²) in [5, 5.41) is 11.2. The van der Waals surface area contributed by atoms with Crippen LogP contribution < -0.4 is 0 Å². The number of halogens is 3. The van der Waals surface area contributed by atoms with Gasteiger partial charge in [0, 0.05) is 56.1 Å². The molecule has 12 heteroatoms. The normalized spacial score (nSPS) is 30.9. The van der Waals surface area contributed by atoms with E-state index in [0.29, 0.717) is 56.6 Å². The molecule has 1 aromatic rings. The number of amides is 2. The molecule has 2 unspecified atom stereocenters. The highest BCUT2D eigenvalue weighted by Gasteiger charge is 2.62. The van der Waals surface area contributed by atoms with E-state index >= 15 is 0 Å². The van der Waals surface area contributed by atoms with Gasteiger partial charge in [-0.05, 0) is 43.6 Å². The van der Waals surface area contributed by atoms with Crippen LogP contribution in [0.3, 0.4) is 0 Å². The Balaban J connectivity index is 1.41. The van der Waals surface area contributed by atoms with Crippen LogP contribution in [0, 0.1) is 21.4 Å². The number of carbonyl (C=O) groups excluding carboxylic acids is 2. The van der Waals surface area contributed by atoms with Gasteiger partial charge in [-0.2, -0.15) is 13.2 Å². The highest BCUT2D eigenvalue weighted by Crippen LogP contribution is 2.55. The van der Waals surface area contributed by atoms with Crippen LogP contribution in [0.25, 0.3) is 0 Å². The molecule has 2 amide bonds. The van der Waals surface area contributed by atoms with Crippen molar-refractivity contribution in [3.8, 4) is 0 Å². The van der Waals surface area contributed by atoms with Crippen LogP contribution in [0.2, 0.25) is 0 Å². The Kier molecular flexibility index (Phi) is 5.77. The third-order valence-corrected chi connectivity index (χ3v) is 8.51. The number of nitrogens with zero attached hydrogens (tertiary/aromatic N) is 4. The zero-order valence-corrected chi connectivity index (χ0v) is 19.3. The molecular formula is C23H27F3N4O5. The minimum atomic E-state index is -4.99. The van der Waals surface area contributed by atoms with Gasteiger partial charge in [-0.1, -0.05) is 6.92 Å². The fraction of sp³-hybridized carbons (Fsp3) is 0.696. The van der Waals surface area contributed by atoms with Crippen LogP contribution in [0.4, 0.5) is 18.9 Å². The number of fused-ring (bicyclic) bond motifs is 2. The molecule has 0 N–H and O–H groups in total. The Morgan fingerprint density at radius 3 is 2.66 bits per heavy atom. The maximum Gasteiger partial charge on any atom is 0.471 e. The molecule has 0 radical (unpaired) electrons. The molecule has 35 heavy (non-hydrogen) atoms. The monoisotopic (exact) mass is 496 g/mol. The van der Waals surface area contributed by atoms with Crippen LogP contribution in [0.5, 0.6) is 0 Å². The second-order valence-corrected chi connectivity index (χ2v) is 10.2. The van der Waals surface area contributed by atoms with Gasteiger partial charge >= 0.3 is 12.1 Å². The van der Waals surface area contributed by atoms with Crippen LogP contribution in [0.1, 0.15) is 50.3 Å². The van der Waals surface area contributed by atoms with Gasteiger partial charge in [-0.15, -0.1) is 0 Å². The van der Waals surface area contributed by atoms with Crippen molar-refractivity contribution in [2.45, 2.75) is 76.3 Å². The predicted molar refractivity (Wildman–Crippen MR) is 115 cm³/mol. The van der Waals surface area contributed by atoms with Gasteiger partial charge in [0.15, 0.2) is 0 Å². The highest BCUT2D eigenvalue weighted by atomic mass is 19.4. The molecule has 1 spiro atoms. The lowest BCUT2D eigenvalue weighted by molar-refractivity contribution is -0.385. The molecule has 4 atom stereocenters. The third kappa shape index (κ3) is 3.85. The molecule has 4 heterocycles.